The molecule has 0 bridgehead atoms. The van der Waals surface area contributed by atoms with Gasteiger partial charge in [-0.15, -0.1) is 0 Å². The van der Waals surface area contributed by atoms with Crippen LogP contribution < -0.4 is 44.6 Å². The minimum absolute atomic E-state index is 0.00902. The van der Waals surface area contributed by atoms with Gasteiger partial charge < -0.3 is 49.7 Å². The number of carboxylic acids is 1. The third kappa shape index (κ3) is 13.5. The van der Waals surface area contributed by atoms with Gasteiger partial charge >= 0.3 is 5.97 Å². The van der Waals surface area contributed by atoms with Crippen LogP contribution in [0.1, 0.15) is 44.1 Å². The standard InChI is InChI=1S/C25H41N9O6/c26-11-5-4-10-17(24(39)40)32-22(37)18(13-15-7-2-1-3-8-15)34-23(38)19(14-20(28)35)33-21(36)16(27)9-6-12-31-25(29)30/h1-3,7-8,16-19H,4-6,9-14,26-27H2,(H2,28,35)(H,32,37)(H,33,36)(H,34,38)(H,39,40)(H4,29,30,31). The summed E-state index contributed by atoms with van der Waals surface area (Å²) in [6.45, 7) is 0.619. The molecule has 15 nitrogen and oxygen atoms in total. The topological polar surface area (TPSA) is 284 Å². The summed E-state index contributed by atoms with van der Waals surface area (Å²) in [6.07, 6.45) is 1.22. The van der Waals surface area contributed by atoms with Crippen molar-refractivity contribution in [3.05, 3.63) is 35.9 Å². The maximum absolute atomic E-state index is 13.2. The fourth-order valence-electron chi connectivity index (χ4n) is 3.69. The number of carboxylic acid groups (broad SMARTS) is 1. The molecule has 4 amide bonds. The van der Waals surface area contributed by atoms with E-state index in [1.165, 1.54) is 0 Å². The van der Waals surface area contributed by atoms with Gasteiger partial charge in [-0.25, -0.2) is 4.79 Å². The number of nitrogens with two attached hydrogens (primary N) is 5. The minimum atomic E-state index is -1.43. The Balaban J connectivity index is 3.03. The van der Waals surface area contributed by atoms with E-state index in [-0.39, 0.29) is 31.8 Å². The fraction of sp³-hybridized carbons (Fsp3) is 0.520. The van der Waals surface area contributed by atoms with Crippen LogP contribution >= 0.6 is 0 Å². The number of benzene rings is 1. The third-order valence-corrected chi connectivity index (χ3v) is 5.82. The van der Waals surface area contributed by atoms with Crippen LogP contribution in [0.2, 0.25) is 0 Å². The molecule has 1 aromatic rings. The van der Waals surface area contributed by atoms with Crippen molar-refractivity contribution in [2.45, 2.75) is 69.1 Å². The number of nitrogens with one attached hydrogen (secondary N) is 3. The van der Waals surface area contributed by atoms with Gasteiger partial charge in [-0.3, -0.25) is 24.2 Å². The van der Waals surface area contributed by atoms with E-state index in [0.29, 0.717) is 31.4 Å². The smallest absolute Gasteiger partial charge is 0.326 e. The van der Waals surface area contributed by atoms with Gasteiger partial charge in [0.2, 0.25) is 23.6 Å². The van der Waals surface area contributed by atoms with Crippen molar-refractivity contribution < 1.29 is 29.1 Å². The van der Waals surface area contributed by atoms with Gasteiger partial charge in [0.25, 0.3) is 0 Å². The van der Waals surface area contributed by atoms with Gasteiger partial charge in [-0.05, 0) is 44.2 Å². The number of aliphatic imine (C=N–C) groups is 1. The van der Waals surface area contributed by atoms with Gasteiger partial charge in [0.1, 0.15) is 18.1 Å². The molecule has 0 aliphatic heterocycles. The lowest BCUT2D eigenvalue weighted by Crippen LogP contribution is -2.58. The van der Waals surface area contributed by atoms with Crippen LogP contribution in [0.4, 0.5) is 0 Å². The van der Waals surface area contributed by atoms with Crippen LogP contribution in [0, 0.1) is 0 Å². The first-order valence-electron chi connectivity index (χ1n) is 12.9. The molecule has 1 rings (SSSR count). The predicted octanol–water partition coefficient (Wildman–Crippen LogP) is -2.85. The number of carbonyl (C=O) groups is 5. The number of rotatable bonds is 19. The predicted molar refractivity (Wildman–Crippen MR) is 148 cm³/mol. The monoisotopic (exact) mass is 563 g/mol. The van der Waals surface area contributed by atoms with Crippen molar-refractivity contribution >= 4 is 35.6 Å². The highest BCUT2D eigenvalue weighted by Gasteiger charge is 2.31. The number of nitrogens with zero attached hydrogens (tertiary/aromatic N) is 1. The molecule has 0 heterocycles. The summed E-state index contributed by atoms with van der Waals surface area (Å²) < 4.78 is 0. The second-order valence-corrected chi connectivity index (χ2v) is 9.22. The van der Waals surface area contributed by atoms with Crippen molar-refractivity contribution in [2.75, 3.05) is 13.1 Å². The van der Waals surface area contributed by atoms with Crippen LogP contribution in [0.15, 0.2) is 35.3 Å². The summed E-state index contributed by atoms with van der Waals surface area (Å²) in [5, 5.41) is 16.9. The summed E-state index contributed by atoms with van der Waals surface area (Å²) in [5.41, 5.74) is 27.9. The maximum Gasteiger partial charge on any atom is 0.326 e. The van der Waals surface area contributed by atoms with Crippen molar-refractivity contribution in [3.8, 4) is 0 Å². The van der Waals surface area contributed by atoms with Crippen LogP contribution in [-0.4, -0.2) is 77.9 Å². The van der Waals surface area contributed by atoms with E-state index in [4.69, 9.17) is 28.7 Å². The number of carbonyl (C=O) groups excluding carboxylic acids is 4. The zero-order valence-corrected chi connectivity index (χ0v) is 22.4. The molecule has 0 aliphatic carbocycles. The molecule has 1 aromatic carbocycles. The van der Waals surface area contributed by atoms with E-state index in [1.807, 2.05) is 0 Å². The average Bonchev–Trinajstić information content (AvgIpc) is 2.89. The number of unbranched alkanes of at least 4 members (excludes halogenated alkanes) is 1. The lowest BCUT2D eigenvalue weighted by Gasteiger charge is -2.25. The molecular formula is C25H41N9O6. The second kappa shape index (κ2) is 18.1. The summed E-state index contributed by atoms with van der Waals surface area (Å²) in [7, 11) is 0. The van der Waals surface area contributed by atoms with Gasteiger partial charge in [-0.2, -0.15) is 0 Å². The van der Waals surface area contributed by atoms with E-state index in [0.717, 1.165) is 0 Å². The van der Waals surface area contributed by atoms with Crippen LogP contribution in [0.3, 0.4) is 0 Å². The molecule has 14 N–H and O–H groups in total. The van der Waals surface area contributed by atoms with Gasteiger partial charge in [0, 0.05) is 13.0 Å². The Morgan fingerprint density at radius 3 is 1.98 bits per heavy atom. The Bertz CT molecular complexity index is 1020. The number of amides is 4. The van der Waals surface area contributed by atoms with Crippen molar-refractivity contribution in [1.29, 1.82) is 0 Å². The molecule has 0 saturated carbocycles. The van der Waals surface area contributed by atoms with Gasteiger partial charge in [0.05, 0.1) is 12.5 Å². The van der Waals surface area contributed by atoms with Crippen LogP contribution in [-0.2, 0) is 30.4 Å². The van der Waals surface area contributed by atoms with E-state index >= 15 is 0 Å². The Labute approximate surface area is 232 Å². The van der Waals surface area contributed by atoms with E-state index in [2.05, 4.69) is 20.9 Å². The molecule has 0 spiro atoms. The summed E-state index contributed by atoms with van der Waals surface area (Å²) in [6, 6.07) is 3.81. The summed E-state index contributed by atoms with van der Waals surface area (Å²) >= 11 is 0. The first-order chi connectivity index (χ1) is 18.9. The SMILES string of the molecule is NCCCCC(NC(=O)C(Cc1ccccc1)NC(=O)C(CC(N)=O)NC(=O)C(N)CCCN=C(N)N)C(=O)O. The lowest BCUT2D eigenvalue weighted by atomic mass is 10.0. The Kier molecular flexibility index (Phi) is 15.3. The summed E-state index contributed by atoms with van der Waals surface area (Å²) in [5.74, 6) is -4.56. The fourth-order valence-corrected chi connectivity index (χ4v) is 3.69. The maximum atomic E-state index is 13.2. The molecule has 0 radical (unpaired) electrons. The second-order valence-electron chi connectivity index (χ2n) is 9.22. The van der Waals surface area contributed by atoms with Crippen molar-refractivity contribution in [1.82, 2.24) is 16.0 Å². The van der Waals surface area contributed by atoms with Crippen molar-refractivity contribution in [3.63, 3.8) is 0 Å². The molecule has 4 atom stereocenters. The number of hydrogen-bond acceptors (Lipinski definition) is 8. The largest absolute Gasteiger partial charge is 0.480 e. The highest BCUT2D eigenvalue weighted by atomic mass is 16.4. The van der Waals surface area contributed by atoms with E-state index < -0.39 is 60.2 Å². The van der Waals surface area contributed by atoms with Gasteiger partial charge in [-0.1, -0.05) is 30.3 Å². The number of aliphatic carboxylic acids is 1. The Morgan fingerprint density at radius 2 is 1.40 bits per heavy atom. The number of hydrogen-bond donors (Lipinski definition) is 9. The third-order valence-electron chi connectivity index (χ3n) is 5.82. The Hall–Kier alpha value is -4.24. The molecule has 40 heavy (non-hydrogen) atoms. The molecule has 0 saturated heterocycles. The minimum Gasteiger partial charge on any atom is -0.480 e. The van der Waals surface area contributed by atoms with Crippen LogP contribution in [0.5, 0.6) is 0 Å². The number of primary amides is 1. The highest BCUT2D eigenvalue weighted by Crippen LogP contribution is 2.07. The quantitative estimate of drug-likeness (QED) is 0.0471. The van der Waals surface area contributed by atoms with E-state index in [1.54, 1.807) is 30.3 Å². The van der Waals surface area contributed by atoms with Crippen LogP contribution in [0.25, 0.3) is 0 Å². The lowest BCUT2D eigenvalue weighted by molar-refractivity contribution is -0.142. The molecule has 15 heteroatoms. The van der Waals surface area contributed by atoms with Gasteiger partial charge in [0.15, 0.2) is 5.96 Å². The first kappa shape index (κ1) is 33.8. The number of guanidine groups is 1. The molecule has 222 valence electrons. The Morgan fingerprint density at radius 1 is 0.800 bits per heavy atom. The van der Waals surface area contributed by atoms with Crippen molar-refractivity contribution in [2.24, 2.45) is 33.7 Å². The molecule has 0 aromatic heterocycles. The molecular weight excluding hydrogens is 522 g/mol. The first-order valence-corrected chi connectivity index (χ1v) is 12.9. The summed E-state index contributed by atoms with van der Waals surface area (Å²) in [4.78, 5) is 66.1. The molecule has 4 unspecified atom stereocenters. The highest BCUT2D eigenvalue weighted by molar-refractivity contribution is 5.96. The molecule has 0 aliphatic rings. The molecule has 0 fully saturated rings. The zero-order valence-electron chi connectivity index (χ0n) is 22.4. The normalized spacial score (nSPS) is 13.7. The van der Waals surface area contributed by atoms with E-state index in [9.17, 15) is 29.1 Å². The average molecular weight is 564 g/mol. The zero-order chi connectivity index (χ0) is 30.1.